The molecule has 1 heterocycles. The summed E-state index contributed by atoms with van der Waals surface area (Å²) < 4.78 is 16.1. The number of nitrogens with zero attached hydrogens (tertiary/aromatic N) is 2. The zero-order chi connectivity index (χ0) is 18.2. The first-order chi connectivity index (χ1) is 12.3. The molecule has 0 aliphatic carbocycles. The molecule has 0 spiro atoms. The molecule has 0 radical (unpaired) electrons. The summed E-state index contributed by atoms with van der Waals surface area (Å²) in [5.41, 5.74) is 1.05. The molecule has 7 heteroatoms. The van der Waals surface area contributed by atoms with Gasteiger partial charge in [0.05, 0.1) is 33.5 Å². The smallest absolute Gasteiger partial charge is 0.213 e. The largest absolute Gasteiger partial charge is 0.481 e. The van der Waals surface area contributed by atoms with Gasteiger partial charge in [0.15, 0.2) is 5.96 Å². The molecule has 0 atom stereocenters. The number of aliphatic imine (C=N–C) groups is 1. The van der Waals surface area contributed by atoms with Crippen molar-refractivity contribution in [3.05, 3.63) is 23.9 Å². The number of hydrogen-bond donors (Lipinski definition) is 2. The van der Waals surface area contributed by atoms with E-state index in [2.05, 4.69) is 27.5 Å². The van der Waals surface area contributed by atoms with Crippen LogP contribution in [0.15, 0.2) is 23.3 Å². The van der Waals surface area contributed by atoms with Crippen molar-refractivity contribution in [3.8, 4) is 5.88 Å². The van der Waals surface area contributed by atoms with E-state index < -0.39 is 0 Å². The lowest BCUT2D eigenvalue weighted by atomic mass is 10.3. The second-order valence-electron chi connectivity index (χ2n) is 5.41. The number of guanidine groups is 1. The summed E-state index contributed by atoms with van der Waals surface area (Å²) in [5, 5.41) is 6.48. The highest BCUT2D eigenvalue weighted by atomic mass is 16.5. The Labute approximate surface area is 151 Å². The monoisotopic (exact) mass is 352 g/mol. The van der Waals surface area contributed by atoms with E-state index in [1.165, 1.54) is 0 Å². The second kappa shape index (κ2) is 14.5. The zero-order valence-electron chi connectivity index (χ0n) is 15.7. The number of aromatic nitrogens is 1. The van der Waals surface area contributed by atoms with Crippen LogP contribution >= 0.6 is 0 Å². The van der Waals surface area contributed by atoms with E-state index in [1.807, 2.05) is 19.1 Å². The summed E-state index contributed by atoms with van der Waals surface area (Å²) in [7, 11) is 1.61. The molecule has 0 unspecified atom stereocenters. The van der Waals surface area contributed by atoms with Gasteiger partial charge in [0.2, 0.25) is 5.88 Å². The minimum Gasteiger partial charge on any atom is -0.481 e. The van der Waals surface area contributed by atoms with E-state index in [0.29, 0.717) is 38.8 Å². The molecule has 0 fully saturated rings. The van der Waals surface area contributed by atoms with Gasteiger partial charge in [-0.3, -0.25) is 0 Å². The van der Waals surface area contributed by atoms with Gasteiger partial charge in [0, 0.05) is 32.0 Å². The molecular weight excluding hydrogens is 320 g/mol. The molecule has 0 saturated carbocycles. The number of pyridine rings is 1. The maximum atomic E-state index is 5.54. The maximum Gasteiger partial charge on any atom is 0.213 e. The normalized spacial score (nSPS) is 11.4. The third-order valence-electron chi connectivity index (χ3n) is 3.33. The van der Waals surface area contributed by atoms with Crippen LogP contribution in [-0.4, -0.2) is 57.6 Å². The Morgan fingerprint density at radius 2 is 1.92 bits per heavy atom. The summed E-state index contributed by atoms with van der Waals surface area (Å²) in [5.74, 6) is 1.36. The maximum absolute atomic E-state index is 5.54. The number of methoxy groups -OCH3 is 1. The molecule has 25 heavy (non-hydrogen) atoms. The van der Waals surface area contributed by atoms with Crippen LogP contribution in [0.3, 0.4) is 0 Å². The number of rotatable bonds is 13. The van der Waals surface area contributed by atoms with Gasteiger partial charge < -0.3 is 24.8 Å². The molecule has 0 saturated heterocycles. The first-order valence-electron chi connectivity index (χ1n) is 8.96. The fourth-order valence-corrected chi connectivity index (χ4v) is 1.98. The third-order valence-corrected chi connectivity index (χ3v) is 3.33. The molecule has 1 aromatic heterocycles. The lowest BCUT2D eigenvalue weighted by molar-refractivity contribution is 0.0487. The quantitative estimate of drug-likeness (QED) is 0.321. The molecule has 0 bridgehead atoms. The molecule has 0 amide bonds. The SMILES string of the molecule is CCCCOCCOCCNC(=NCc1ccnc(OC)c1)NCC. The topological polar surface area (TPSA) is 77.0 Å². The molecule has 7 nitrogen and oxygen atoms in total. The number of ether oxygens (including phenoxy) is 3. The van der Waals surface area contributed by atoms with Crippen molar-refractivity contribution in [2.75, 3.05) is 46.6 Å². The van der Waals surface area contributed by atoms with Crippen molar-refractivity contribution >= 4 is 5.96 Å². The van der Waals surface area contributed by atoms with Crippen molar-refractivity contribution < 1.29 is 14.2 Å². The van der Waals surface area contributed by atoms with Crippen LogP contribution in [0.5, 0.6) is 5.88 Å². The van der Waals surface area contributed by atoms with Crippen LogP contribution in [0.25, 0.3) is 0 Å². The van der Waals surface area contributed by atoms with Crippen molar-refractivity contribution in [1.29, 1.82) is 0 Å². The highest BCUT2D eigenvalue weighted by molar-refractivity contribution is 5.79. The predicted octanol–water partition coefficient (Wildman–Crippen LogP) is 1.98. The lowest BCUT2D eigenvalue weighted by Gasteiger charge is -2.12. The Balaban J connectivity index is 2.24. The Bertz CT molecular complexity index is 483. The Hall–Kier alpha value is -1.86. The lowest BCUT2D eigenvalue weighted by Crippen LogP contribution is -2.39. The molecule has 1 rings (SSSR count). The standard InChI is InChI=1S/C18H32N4O3/c1-4-6-10-24-12-13-25-11-9-21-18(19-5-2)22-15-16-7-8-20-17(14-16)23-3/h7-8,14H,4-6,9-13,15H2,1-3H3,(H2,19,21,22). The Morgan fingerprint density at radius 3 is 2.64 bits per heavy atom. The van der Waals surface area contributed by atoms with Crippen LogP contribution in [0.2, 0.25) is 0 Å². The average molecular weight is 352 g/mol. The van der Waals surface area contributed by atoms with Crippen LogP contribution in [-0.2, 0) is 16.0 Å². The second-order valence-corrected chi connectivity index (χ2v) is 5.41. The van der Waals surface area contributed by atoms with Gasteiger partial charge in [0.25, 0.3) is 0 Å². The fourth-order valence-electron chi connectivity index (χ4n) is 1.98. The van der Waals surface area contributed by atoms with Crippen molar-refractivity contribution in [3.63, 3.8) is 0 Å². The van der Waals surface area contributed by atoms with Crippen molar-refractivity contribution in [2.24, 2.45) is 4.99 Å². The van der Waals surface area contributed by atoms with E-state index >= 15 is 0 Å². The van der Waals surface area contributed by atoms with Crippen molar-refractivity contribution in [2.45, 2.75) is 33.2 Å². The predicted molar refractivity (Wildman–Crippen MR) is 100 cm³/mol. The van der Waals surface area contributed by atoms with Crippen LogP contribution in [0.1, 0.15) is 32.3 Å². The molecule has 0 aliphatic rings. The number of hydrogen-bond acceptors (Lipinski definition) is 5. The van der Waals surface area contributed by atoms with Crippen LogP contribution < -0.4 is 15.4 Å². The van der Waals surface area contributed by atoms with Crippen LogP contribution in [0, 0.1) is 0 Å². The number of unbranched alkanes of at least 4 members (excludes halogenated alkanes) is 1. The molecule has 1 aromatic rings. The zero-order valence-corrected chi connectivity index (χ0v) is 15.7. The minimum atomic E-state index is 0.556. The molecule has 2 N–H and O–H groups in total. The van der Waals surface area contributed by atoms with Gasteiger partial charge >= 0.3 is 0 Å². The van der Waals surface area contributed by atoms with Crippen molar-refractivity contribution in [1.82, 2.24) is 15.6 Å². The van der Waals surface area contributed by atoms with Gasteiger partial charge in [-0.2, -0.15) is 0 Å². The van der Waals surface area contributed by atoms with Gasteiger partial charge in [-0.05, 0) is 25.0 Å². The molecular formula is C18H32N4O3. The average Bonchev–Trinajstić information content (AvgIpc) is 2.64. The molecule has 142 valence electrons. The minimum absolute atomic E-state index is 0.556. The van der Waals surface area contributed by atoms with Gasteiger partial charge in [-0.15, -0.1) is 0 Å². The van der Waals surface area contributed by atoms with E-state index in [9.17, 15) is 0 Å². The van der Waals surface area contributed by atoms with E-state index in [4.69, 9.17) is 14.2 Å². The first kappa shape index (κ1) is 21.2. The van der Waals surface area contributed by atoms with Gasteiger partial charge in [-0.25, -0.2) is 9.98 Å². The molecule has 0 aliphatic heterocycles. The highest BCUT2D eigenvalue weighted by Crippen LogP contribution is 2.09. The van der Waals surface area contributed by atoms with Crippen LogP contribution in [0.4, 0.5) is 0 Å². The summed E-state index contributed by atoms with van der Waals surface area (Å²) in [6.07, 6.45) is 3.98. The summed E-state index contributed by atoms with van der Waals surface area (Å²) >= 11 is 0. The fraction of sp³-hybridized carbons (Fsp3) is 0.667. The Kier molecular flexibility index (Phi) is 12.3. The van der Waals surface area contributed by atoms with E-state index in [1.54, 1.807) is 13.3 Å². The molecule has 0 aromatic carbocycles. The summed E-state index contributed by atoms with van der Waals surface area (Å²) in [6.45, 7) is 8.95. The summed E-state index contributed by atoms with van der Waals surface area (Å²) in [6, 6.07) is 3.81. The van der Waals surface area contributed by atoms with Gasteiger partial charge in [0.1, 0.15) is 0 Å². The first-order valence-corrected chi connectivity index (χ1v) is 8.96. The van der Waals surface area contributed by atoms with E-state index in [0.717, 1.165) is 37.5 Å². The Morgan fingerprint density at radius 1 is 1.12 bits per heavy atom. The van der Waals surface area contributed by atoms with Gasteiger partial charge in [-0.1, -0.05) is 13.3 Å². The van der Waals surface area contributed by atoms with E-state index in [-0.39, 0.29) is 0 Å². The summed E-state index contributed by atoms with van der Waals surface area (Å²) in [4.78, 5) is 8.65. The third kappa shape index (κ3) is 10.6. The highest BCUT2D eigenvalue weighted by Gasteiger charge is 1.99. The number of nitrogens with one attached hydrogen (secondary N) is 2.